The van der Waals surface area contributed by atoms with Gasteiger partial charge < -0.3 is 16.2 Å². The molecule has 0 radical (unpaired) electrons. The Morgan fingerprint density at radius 2 is 1.90 bits per heavy atom. The third-order valence-electron chi connectivity index (χ3n) is 2.89. The zero-order valence-corrected chi connectivity index (χ0v) is 12.4. The summed E-state index contributed by atoms with van der Waals surface area (Å²) in [6, 6.07) is 12.1. The molecule has 4 N–H and O–H groups in total. The summed E-state index contributed by atoms with van der Waals surface area (Å²) in [6.07, 6.45) is 0.697. The van der Waals surface area contributed by atoms with Crippen LogP contribution in [0.2, 0.25) is 0 Å². The average molecular weight is 335 g/mol. The van der Waals surface area contributed by atoms with Crippen LogP contribution in [0.3, 0.4) is 0 Å². The molecule has 0 bridgehead atoms. The van der Waals surface area contributed by atoms with Gasteiger partial charge in [0.15, 0.2) is 0 Å². The molecule has 2 aromatic rings. The van der Waals surface area contributed by atoms with Crippen molar-refractivity contribution in [2.24, 2.45) is 0 Å². The Hall–Kier alpha value is -2.01. The molecule has 0 aromatic heterocycles. The van der Waals surface area contributed by atoms with Gasteiger partial charge in [0.1, 0.15) is 5.75 Å². The molecule has 1 amide bonds. The van der Waals surface area contributed by atoms with Crippen molar-refractivity contribution in [2.45, 2.75) is 6.42 Å². The molecule has 0 saturated carbocycles. The maximum Gasteiger partial charge on any atom is 0.253 e. The van der Waals surface area contributed by atoms with Crippen LogP contribution in [0, 0.1) is 0 Å². The number of nitrogens with two attached hydrogens (primary N) is 1. The SMILES string of the molecule is Nc1cc(Br)ccc1C(=O)NCCc1ccc(O)cc1. The molecule has 0 spiro atoms. The van der Waals surface area contributed by atoms with E-state index < -0.39 is 0 Å². The Balaban J connectivity index is 1.90. The average Bonchev–Trinajstić information content (AvgIpc) is 2.41. The molecule has 0 aliphatic rings. The van der Waals surface area contributed by atoms with Crippen LogP contribution in [-0.2, 0) is 6.42 Å². The van der Waals surface area contributed by atoms with E-state index in [1.807, 2.05) is 12.1 Å². The first-order valence-corrected chi connectivity index (χ1v) is 6.96. The summed E-state index contributed by atoms with van der Waals surface area (Å²) in [5, 5.41) is 12.0. The highest BCUT2D eigenvalue weighted by atomic mass is 79.9. The van der Waals surface area contributed by atoms with Crippen LogP contribution in [-0.4, -0.2) is 17.6 Å². The number of phenols is 1. The van der Waals surface area contributed by atoms with Crippen LogP contribution in [0.15, 0.2) is 46.9 Å². The number of hydrogen-bond acceptors (Lipinski definition) is 3. The van der Waals surface area contributed by atoms with Crippen molar-refractivity contribution in [2.75, 3.05) is 12.3 Å². The Labute approximate surface area is 125 Å². The van der Waals surface area contributed by atoms with Crippen molar-refractivity contribution in [3.8, 4) is 5.75 Å². The minimum absolute atomic E-state index is 0.186. The predicted octanol–water partition coefficient (Wildman–Crippen LogP) is 2.71. The highest BCUT2D eigenvalue weighted by Gasteiger charge is 2.09. The zero-order chi connectivity index (χ0) is 14.5. The van der Waals surface area contributed by atoms with Crippen molar-refractivity contribution in [3.63, 3.8) is 0 Å². The second kappa shape index (κ2) is 6.43. The van der Waals surface area contributed by atoms with E-state index in [4.69, 9.17) is 5.73 Å². The molecular formula is C15H15BrN2O2. The lowest BCUT2D eigenvalue weighted by Crippen LogP contribution is -2.26. The van der Waals surface area contributed by atoms with Crippen LogP contribution in [0.25, 0.3) is 0 Å². The lowest BCUT2D eigenvalue weighted by atomic mass is 10.1. The van der Waals surface area contributed by atoms with Crippen molar-refractivity contribution in [3.05, 3.63) is 58.1 Å². The van der Waals surface area contributed by atoms with Crippen molar-refractivity contribution in [1.82, 2.24) is 5.32 Å². The fourth-order valence-electron chi connectivity index (χ4n) is 1.82. The monoisotopic (exact) mass is 334 g/mol. The van der Waals surface area contributed by atoms with Gasteiger partial charge in [-0.2, -0.15) is 0 Å². The summed E-state index contributed by atoms with van der Waals surface area (Å²) in [4.78, 5) is 12.0. The standard InChI is InChI=1S/C15H15BrN2O2/c16-11-3-6-13(14(17)9-11)15(20)18-8-7-10-1-4-12(19)5-2-10/h1-6,9,19H,7-8,17H2,(H,18,20). The van der Waals surface area contributed by atoms with Crippen molar-refractivity contribution < 1.29 is 9.90 Å². The molecule has 104 valence electrons. The van der Waals surface area contributed by atoms with Crippen molar-refractivity contribution >= 4 is 27.5 Å². The number of phenolic OH excluding ortho intramolecular Hbond substituents is 1. The van der Waals surface area contributed by atoms with Gasteiger partial charge in [-0.3, -0.25) is 4.79 Å². The summed E-state index contributed by atoms with van der Waals surface area (Å²) in [5.41, 5.74) is 7.77. The fraction of sp³-hybridized carbons (Fsp3) is 0.133. The number of halogens is 1. The molecule has 0 unspecified atom stereocenters. The predicted molar refractivity (Wildman–Crippen MR) is 82.7 cm³/mol. The molecule has 0 aliphatic carbocycles. The van der Waals surface area contributed by atoms with Gasteiger partial charge in [0.25, 0.3) is 5.91 Å². The molecule has 0 aliphatic heterocycles. The number of benzene rings is 2. The maximum atomic E-state index is 12.0. The number of anilines is 1. The minimum atomic E-state index is -0.186. The Morgan fingerprint density at radius 3 is 2.55 bits per heavy atom. The molecule has 0 heterocycles. The summed E-state index contributed by atoms with van der Waals surface area (Å²) < 4.78 is 0.843. The van der Waals surface area contributed by atoms with Gasteiger partial charge in [0, 0.05) is 16.7 Å². The van der Waals surface area contributed by atoms with Gasteiger partial charge in [-0.15, -0.1) is 0 Å². The number of carbonyl (C=O) groups is 1. The van der Waals surface area contributed by atoms with Crippen LogP contribution in [0.1, 0.15) is 15.9 Å². The second-order valence-electron chi connectivity index (χ2n) is 4.40. The first-order valence-electron chi connectivity index (χ1n) is 6.17. The lowest BCUT2D eigenvalue weighted by molar-refractivity contribution is 0.0955. The molecule has 0 fully saturated rings. The number of nitrogens with one attached hydrogen (secondary N) is 1. The van der Waals surface area contributed by atoms with Crippen LogP contribution < -0.4 is 11.1 Å². The van der Waals surface area contributed by atoms with E-state index in [0.29, 0.717) is 24.2 Å². The van der Waals surface area contributed by atoms with Gasteiger partial charge in [-0.05, 0) is 42.3 Å². The smallest absolute Gasteiger partial charge is 0.253 e. The molecule has 0 saturated heterocycles. The van der Waals surface area contributed by atoms with Crippen molar-refractivity contribution in [1.29, 1.82) is 0 Å². The molecule has 0 atom stereocenters. The topological polar surface area (TPSA) is 75.4 Å². The van der Waals surface area contributed by atoms with E-state index >= 15 is 0 Å². The quantitative estimate of drug-likeness (QED) is 0.752. The van der Waals surface area contributed by atoms with E-state index in [1.54, 1.807) is 30.3 Å². The van der Waals surface area contributed by atoms with Crippen LogP contribution >= 0.6 is 15.9 Å². The molecule has 2 rings (SSSR count). The molecule has 2 aromatic carbocycles. The second-order valence-corrected chi connectivity index (χ2v) is 5.32. The highest BCUT2D eigenvalue weighted by molar-refractivity contribution is 9.10. The van der Waals surface area contributed by atoms with Gasteiger partial charge in [0.05, 0.1) is 5.56 Å². The molecule has 4 nitrogen and oxygen atoms in total. The third kappa shape index (κ3) is 3.74. The number of carbonyl (C=O) groups excluding carboxylic acids is 1. The summed E-state index contributed by atoms with van der Waals surface area (Å²) in [5.74, 6) is 0.0502. The van der Waals surface area contributed by atoms with E-state index in [-0.39, 0.29) is 11.7 Å². The number of amides is 1. The summed E-state index contributed by atoms with van der Waals surface area (Å²) in [6.45, 7) is 0.513. The molecule has 5 heteroatoms. The number of nitrogen functional groups attached to an aromatic ring is 1. The van der Waals surface area contributed by atoms with Gasteiger partial charge in [-0.25, -0.2) is 0 Å². The first kappa shape index (κ1) is 14.4. The van der Waals surface area contributed by atoms with E-state index in [0.717, 1.165) is 10.0 Å². The lowest BCUT2D eigenvalue weighted by Gasteiger charge is -2.08. The fourth-order valence-corrected chi connectivity index (χ4v) is 2.20. The Morgan fingerprint density at radius 1 is 1.20 bits per heavy atom. The normalized spacial score (nSPS) is 10.2. The van der Waals surface area contributed by atoms with Crippen LogP contribution in [0.4, 0.5) is 5.69 Å². The first-order chi connectivity index (χ1) is 9.56. The van der Waals surface area contributed by atoms with E-state index in [2.05, 4.69) is 21.2 Å². The minimum Gasteiger partial charge on any atom is -0.508 e. The molecule has 20 heavy (non-hydrogen) atoms. The van der Waals surface area contributed by atoms with Crippen LogP contribution in [0.5, 0.6) is 5.75 Å². The largest absolute Gasteiger partial charge is 0.508 e. The Bertz CT molecular complexity index is 612. The zero-order valence-electron chi connectivity index (χ0n) is 10.8. The van der Waals surface area contributed by atoms with E-state index in [1.165, 1.54) is 0 Å². The maximum absolute atomic E-state index is 12.0. The third-order valence-corrected chi connectivity index (χ3v) is 3.39. The van der Waals surface area contributed by atoms with Gasteiger partial charge in [0.2, 0.25) is 0 Å². The number of aromatic hydroxyl groups is 1. The highest BCUT2D eigenvalue weighted by Crippen LogP contribution is 2.18. The Kier molecular flexibility index (Phi) is 4.63. The van der Waals surface area contributed by atoms with Gasteiger partial charge in [-0.1, -0.05) is 28.1 Å². The summed E-state index contributed by atoms with van der Waals surface area (Å²) >= 11 is 3.30. The summed E-state index contributed by atoms with van der Waals surface area (Å²) in [7, 11) is 0. The number of hydrogen-bond donors (Lipinski definition) is 3. The number of rotatable bonds is 4. The molecular weight excluding hydrogens is 320 g/mol. The van der Waals surface area contributed by atoms with E-state index in [9.17, 15) is 9.90 Å². The van der Waals surface area contributed by atoms with Gasteiger partial charge >= 0.3 is 0 Å².